The van der Waals surface area contributed by atoms with E-state index in [2.05, 4.69) is 41.5 Å². The molecule has 4 aliphatic carbocycles. The summed E-state index contributed by atoms with van der Waals surface area (Å²) in [6.07, 6.45) is 4.14. The van der Waals surface area contributed by atoms with E-state index in [0.29, 0.717) is 25.7 Å². The molecule has 5 heteroatoms. The lowest BCUT2D eigenvalue weighted by Gasteiger charge is -2.62. The summed E-state index contributed by atoms with van der Waals surface area (Å²) in [5, 5.41) is 31.5. The number of carbonyl (C=O) groups is 2. The van der Waals surface area contributed by atoms with Gasteiger partial charge in [0.1, 0.15) is 0 Å². The maximum atomic E-state index is 13.9. The molecule has 180 valence electrons. The van der Waals surface area contributed by atoms with Gasteiger partial charge >= 0.3 is 5.97 Å². The van der Waals surface area contributed by atoms with Gasteiger partial charge in [0.25, 0.3) is 0 Å². The Bertz CT molecular complexity index is 858. The third kappa shape index (κ3) is 3.02. The third-order valence-electron chi connectivity index (χ3n) is 11.0. The van der Waals surface area contributed by atoms with Gasteiger partial charge in [-0.05, 0) is 83.5 Å². The fraction of sp³-hybridized carbons (Fsp3) is 0.852. The van der Waals surface area contributed by atoms with Crippen LogP contribution in [0.3, 0.4) is 0 Å². The highest BCUT2D eigenvalue weighted by atomic mass is 16.4. The molecule has 32 heavy (non-hydrogen) atoms. The van der Waals surface area contributed by atoms with E-state index in [-0.39, 0.29) is 51.6 Å². The largest absolute Gasteiger partial charge is 0.481 e. The van der Waals surface area contributed by atoms with Crippen LogP contribution in [0.25, 0.3) is 0 Å². The van der Waals surface area contributed by atoms with Gasteiger partial charge in [-0.3, -0.25) is 9.59 Å². The van der Waals surface area contributed by atoms with Crippen molar-refractivity contribution in [2.45, 2.75) is 105 Å². The van der Waals surface area contributed by atoms with Crippen molar-refractivity contribution in [1.82, 2.24) is 0 Å². The van der Waals surface area contributed by atoms with Crippen LogP contribution in [0.4, 0.5) is 0 Å². The summed E-state index contributed by atoms with van der Waals surface area (Å²) in [6.45, 7) is 13.0. The number of Topliss-reactive ketones (excluding diaryl/α,β-unsaturated/α-hetero) is 1. The average Bonchev–Trinajstić information content (AvgIpc) is 2.96. The molecule has 0 amide bonds. The first-order chi connectivity index (χ1) is 14.7. The number of hydrogen-bond acceptors (Lipinski definition) is 4. The van der Waals surface area contributed by atoms with Crippen LogP contribution in [-0.4, -0.2) is 39.3 Å². The molecule has 0 aromatic rings. The molecule has 2 fully saturated rings. The lowest BCUT2D eigenvalue weighted by atomic mass is 9.42. The maximum absolute atomic E-state index is 13.9. The second kappa shape index (κ2) is 7.40. The first kappa shape index (κ1) is 23.9. The number of aliphatic hydroxyl groups is 2. The molecule has 0 aromatic carbocycles. The highest BCUT2D eigenvalue weighted by Gasteiger charge is 2.67. The highest BCUT2D eigenvalue weighted by molar-refractivity contribution is 6.00. The highest BCUT2D eigenvalue weighted by Crippen LogP contribution is 2.71. The van der Waals surface area contributed by atoms with Crippen LogP contribution in [0, 0.1) is 39.4 Å². The second-order valence-corrected chi connectivity index (χ2v) is 12.8. The molecule has 8 atom stereocenters. The summed E-state index contributed by atoms with van der Waals surface area (Å²) >= 11 is 0. The van der Waals surface area contributed by atoms with Crippen molar-refractivity contribution in [3.05, 3.63) is 11.1 Å². The molecule has 0 aliphatic heterocycles. The molecule has 8 unspecified atom stereocenters. The number of carboxylic acid groups (broad SMARTS) is 1. The fourth-order valence-electron chi connectivity index (χ4n) is 8.94. The number of aliphatic hydroxyl groups excluding tert-OH is 2. The number of aliphatic carboxylic acids is 1. The molecule has 0 spiro atoms. The Morgan fingerprint density at radius 2 is 1.75 bits per heavy atom. The van der Waals surface area contributed by atoms with E-state index in [0.717, 1.165) is 30.4 Å². The molecule has 4 aliphatic rings. The normalized spacial score (nSPS) is 46.3. The Kier molecular flexibility index (Phi) is 5.54. The number of rotatable bonds is 4. The van der Waals surface area contributed by atoms with Crippen LogP contribution in [0.2, 0.25) is 0 Å². The Hall–Kier alpha value is -1.20. The predicted molar refractivity (Wildman–Crippen MR) is 123 cm³/mol. The summed E-state index contributed by atoms with van der Waals surface area (Å²) in [6, 6.07) is 0. The summed E-state index contributed by atoms with van der Waals surface area (Å²) in [7, 11) is 0. The first-order valence-electron chi connectivity index (χ1n) is 12.6. The number of carboxylic acids is 1. The molecule has 5 nitrogen and oxygen atoms in total. The van der Waals surface area contributed by atoms with E-state index in [4.69, 9.17) is 0 Å². The van der Waals surface area contributed by atoms with E-state index < -0.39 is 18.2 Å². The summed E-state index contributed by atoms with van der Waals surface area (Å²) in [4.78, 5) is 25.1. The lowest BCUT2D eigenvalue weighted by molar-refractivity contribution is -0.139. The minimum absolute atomic E-state index is 0.0658. The zero-order valence-electron chi connectivity index (χ0n) is 20.7. The number of ketones is 1. The van der Waals surface area contributed by atoms with E-state index >= 15 is 0 Å². The minimum Gasteiger partial charge on any atom is -0.481 e. The smallest absolute Gasteiger partial charge is 0.303 e. The monoisotopic (exact) mass is 446 g/mol. The lowest BCUT2D eigenvalue weighted by Crippen LogP contribution is -2.59. The van der Waals surface area contributed by atoms with Gasteiger partial charge in [0, 0.05) is 18.4 Å². The average molecular weight is 447 g/mol. The Balaban J connectivity index is 1.79. The third-order valence-corrected chi connectivity index (χ3v) is 11.0. The maximum Gasteiger partial charge on any atom is 0.303 e. The quantitative estimate of drug-likeness (QED) is 0.579. The van der Waals surface area contributed by atoms with Crippen LogP contribution >= 0.6 is 0 Å². The zero-order chi connectivity index (χ0) is 23.9. The summed E-state index contributed by atoms with van der Waals surface area (Å²) < 4.78 is 0. The zero-order valence-corrected chi connectivity index (χ0v) is 20.7. The Morgan fingerprint density at radius 1 is 1.09 bits per heavy atom. The van der Waals surface area contributed by atoms with Gasteiger partial charge in [-0.25, -0.2) is 0 Å². The van der Waals surface area contributed by atoms with Gasteiger partial charge in [0.15, 0.2) is 5.78 Å². The van der Waals surface area contributed by atoms with Crippen LogP contribution in [-0.2, 0) is 9.59 Å². The second-order valence-electron chi connectivity index (χ2n) is 12.8. The molecule has 4 rings (SSSR count). The van der Waals surface area contributed by atoms with E-state index in [9.17, 15) is 24.9 Å². The van der Waals surface area contributed by atoms with Gasteiger partial charge in [0.2, 0.25) is 0 Å². The van der Waals surface area contributed by atoms with Crippen LogP contribution in [0.1, 0.15) is 92.9 Å². The Morgan fingerprint density at radius 3 is 2.38 bits per heavy atom. The SMILES string of the molecule is CC(CCC(=O)O)C1CCC2(C)C3=C(C(=O)CC12C)C1(C)CCC(O)C(C)(C)C1CC3O. The Labute approximate surface area is 192 Å². The van der Waals surface area contributed by atoms with E-state index in [1.54, 1.807) is 0 Å². The molecule has 2 saturated carbocycles. The number of fused-ring (bicyclic) bond motifs is 4. The summed E-state index contributed by atoms with van der Waals surface area (Å²) in [5.74, 6) is -0.0315. The standard InChI is InChI=1S/C27H42O5/c1-15(7-8-21(31)32)16-9-12-26(5)23-17(28)13-19-24(2,3)20(30)10-11-25(19,4)22(23)18(29)14-27(16,26)6/h15-17,19-20,28,30H,7-14H2,1-6H3,(H,31,32). The van der Waals surface area contributed by atoms with Gasteiger partial charge in [-0.15, -0.1) is 0 Å². The van der Waals surface area contributed by atoms with Crippen molar-refractivity contribution in [1.29, 1.82) is 0 Å². The van der Waals surface area contributed by atoms with Gasteiger partial charge in [0.05, 0.1) is 12.2 Å². The molecule has 0 bridgehead atoms. The first-order valence-corrected chi connectivity index (χ1v) is 12.6. The van der Waals surface area contributed by atoms with Crippen molar-refractivity contribution in [3.63, 3.8) is 0 Å². The van der Waals surface area contributed by atoms with Crippen LogP contribution in [0.5, 0.6) is 0 Å². The summed E-state index contributed by atoms with van der Waals surface area (Å²) in [5.41, 5.74) is 0.667. The molecule has 0 aromatic heterocycles. The molecule has 3 N–H and O–H groups in total. The van der Waals surface area contributed by atoms with Crippen molar-refractivity contribution >= 4 is 11.8 Å². The number of allylic oxidation sites excluding steroid dienone is 1. The van der Waals surface area contributed by atoms with E-state index in [1.165, 1.54) is 0 Å². The number of hydrogen-bond donors (Lipinski definition) is 3. The van der Waals surface area contributed by atoms with Crippen molar-refractivity contribution < 1.29 is 24.9 Å². The van der Waals surface area contributed by atoms with Gasteiger partial charge < -0.3 is 15.3 Å². The van der Waals surface area contributed by atoms with Crippen molar-refractivity contribution in [2.24, 2.45) is 39.4 Å². The van der Waals surface area contributed by atoms with Crippen LogP contribution in [0.15, 0.2) is 11.1 Å². The van der Waals surface area contributed by atoms with Gasteiger partial charge in [-0.2, -0.15) is 0 Å². The number of carbonyl (C=O) groups excluding carboxylic acids is 1. The minimum atomic E-state index is -0.767. The van der Waals surface area contributed by atoms with Crippen molar-refractivity contribution in [2.75, 3.05) is 0 Å². The molecular weight excluding hydrogens is 404 g/mol. The van der Waals surface area contributed by atoms with Crippen LogP contribution < -0.4 is 0 Å². The molecule has 0 radical (unpaired) electrons. The molecule has 0 heterocycles. The topological polar surface area (TPSA) is 94.8 Å². The van der Waals surface area contributed by atoms with Crippen molar-refractivity contribution in [3.8, 4) is 0 Å². The van der Waals surface area contributed by atoms with E-state index in [1.807, 2.05) is 0 Å². The molecular formula is C27H42O5. The molecule has 0 saturated heterocycles. The van der Waals surface area contributed by atoms with Gasteiger partial charge in [-0.1, -0.05) is 41.5 Å². The predicted octanol–water partition coefficient (Wildman–Crippen LogP) is 4.75. The fourth-order valence-corrected chi connectivity index (χ4v) is 8.94.